The molecule has 0 rings (SSSR count). The molecule has 0 saturated heterocycles. The van der Waals surface area contributed by atoms with Crippen molar-refractivity contribution in [2.45, 2.75) is 8.85 Å². The van der Waals surface area contributed by atoms with Gasteiger partial charge in [0.05, 0.1) is 5.88 Å². The van der Waals surface area contributed by atoms with E-state index in [1.165, 1.54) is 0 Å². The summed E-state index contributed by atoms with van der Waals surface area (Å²) in [6, 6.07) is 0. The lowest BCUT2D eigenvalue weighted by Gasteiger charge is -2.22. The molecule has 6 heteroatoms. The molecule has 0 bridgehead atoms. The van der Waals surface area contributed by atoms with Crippen molar-refractivity contribution in [3.8, 4) is 0 Å². The highest BCUT2D eigenvalue weighted by Gasteiger charge is 2.47. The monoisotopic (exact) mass is 229 g/mol. The predicted molar refractivity (Wildman–Crippen MR) is 40.3 cm³/mol. The molecule has 0 unspecified atom stereocenters. The molecule has 0 aromatic heterocycles. The molecule has 0 spiro atoms. The Hall–Kier alpha value is 1.41. The molecule has 0 saturated carbocycles. The van der Waals surface area contributed by atoms with E-state index in [1.807, 2.05) is 0 Å². The lowest BCUT2D eigenvalue weighted by Crippen LogP contribution is -2.36. The van der Waals surface area contributed by atoms with Crippen LogP contribution in [0.2, 0.25) is 0 Å². The molecular weight excluding hydrogens is 229 g/mol. The van der Waals surface area contributed by atoms with E-state index in [-0.39, 0.29) is 5.88 Å². The second-order valence-corrected chi connectivity index (χ2v) is 4.36. The van der Waals surface area contributed by atoms with Crippen LogP contribution in [0.3, 0.4) is 0 Å². The fourth-order valence-electron chi connectivity index (χ4n) is 0.0778. The summed E-state index contributed by atoms with van der Waals surface area (Å²) in [4.78, 5) is 0. The van der Waals surface area contributed by atoms with E-state index < -0.39 is 8.85 Å². The maximum absolute atomic E-state index is 10.5. The highest BCUT2D eigenvalue weighted by Crippen LogP contribution is 2.41. The second kappa shape index (κ2) is 3.21. The van der Waals surface area contributed by atoms with Gasteiger partial charge in [-0.3, -0.25) is 0 Å². The number of halogens is 5. The summed E-state index contributed by atoms with van der Waals surface area (Å²) in [5.41, 5.74) is 0. The van der Waals surface area contributed by atoms with Crippen molar-refractivity contribution in [1.29, 1.82) is 0 Å². The van der Waals surface area contributed by atoms with Crippen LogP contribution in [0.15, 0.2) is 0 Å². The SMILES string of the molecule is [O]C(Cl)(Cl)C(Cl)(Cl)CCl. The Morgan fingerprint density at radius 3 is 1.44 bits per heavy atom. The molecule has 0 aliphatic heterocycles. The Labute approximate surface area is 77.8 Å². The van der Waals surface area contributed by atoms with E-state index in [4.69, 9.17) is 58.0 Å². The van der Waals surface area contributed by atoms with Gasteiger partial charge in [0.1, 0.15) is 0 Å². The summed E-state index contributed by atoms with van der Waals surface area (Å²) >= 11 is 25.6. The molecule has 0 aromatic rings. The molecule has 0 fully saturated rings. The molecule has 0 atom stereocenters. The Kier molecular flexibility index (Phi) is 3.71. The molecule has 1 radical (unpaired) electrons. The van der Waals surface area contributed by atoms with Crippen LogP contribution in [0.5, 0.6) is 0 Å². The second-order valence-electron chi connectivity index (χ2n) is 1.35. The smallest absolute Gasteiger partial charge is 0.190 e. The molecule has 0 aliphatic rings. The van der Waals surface area contributed by atoms with Gasteiger partial charge in [-0.1, -0.05) is 46.4 Å². The maximum atomic E-state index is 10.5. The lowest BCUT2D eigenvalue weighted by atomic mass is 10.5. The third kappa shape index (κ3) is 2.87. The van der Waals surface area contributed by atoms with Gasteiger partial charge in [0, 0.05) is 0 Å². The Morgan fingerprint density at radius 1 is 1.11 bits per heavy atom. The minimum Gasteiger partial charge on any atom is -0.190 e. The van der Waals surface area contributed by atoms with Crippen molar-refractivity contribution in [2.75, 3.05) is 5.88 Å². The van der Waals surface area contributed by atoms with Crippen molar-refractivity contribution in [2.24, 2.45) is 0 Å². The molecule has 0 amide bonds. The van der Waals surface area contributed by atoms with Gasteiger partial charge in [0.15, 0.2) is 4.33 Å². The average molecular weight is 231 g/mol. The van der Waals surface area contributed by atoms with Gasteiger partial charge in [-0.2, -0.15) is 5.11 Å². The standard InChI is InChI=1S/C3H2Cl5O/c4-1-2(5,6)3(7,8)9/h1H2. The quantitative estimate of drug-likeness (QED) is 0.651. The third-order valence-electron chi connectivity index (χ3n) is 0.594. The van der Waals surface area contributed by atoms with Crippen LogP contribution in [-0.2, 0) is 5.11 Å². The van der Waals surface area contributed by atoms with E-state index in [0.717, 1.165) is 0 Å². The summed E-state index contributed by atoms with van der Waals surface area (Å²) in [5, 5.41) is 10.5. The topological polar surface area (TPSA) is 19.9 Å². The van der Waals surface area contributed by atoms with Crippen molar-refractivity contribution >= 4 is 58.0 Å². The van der Waals surface area contributed by atoms with Gasteiger partial charge in [-0.25, -0.2) is 0 Å². The molecular formula is C3H2Cl5O. The first-order valence-electron chi connectivity index (χ1n) is 1.83. The summed E-state index contributed by atoms with van der Waals surface area (Å²) in [5.74, 6) is -0.313. The minimum atomic E-state index is -2.46. The Balaban J connectivity index is 4.14. The van der Waals surface area contributed by atoms with Crippen molar-refractivity contribution < 1.29 is 5.11 Å². The molecule has 55 valence electrons. The van der Waals surface area contributed by atoms with E-state index in [0.29, 0.717) is 0 Å². The molecule has 9 heavy (non-hydrogen) atoms. The first-order chi connectivity index (χ1) is 3.81. The zero-order valence-corrected chi connectivity index (χ0v) is 7.78. The number of alkyl halides is 5. The van der Waals surface area contributed by atoms with Crippen molar-refractivity contribution in [3.63, 3.8) is 0 Å². The van der Waals surface area contributed by atoms with Crippen LogP contribution in [0.4, 0.5) is 0 Å². The molecule has 0 N–H and O–H groups in total. The van der Waals surface area contributed by atoms with E-state index >= 15 is 0 Å². The van der Waals surface area contributed by atoms with Crippen LogP contribution in [-0.4, -0.2) is 14.7 Å². The van der Waals surface area contributed by atoms with E-state index in [2.05, 4.69) is 0 Å². The normalized spacial score (nSPS) is 14.0. The highest BCUT2D eigenvalue weighted by molar-refractivity contribution is 6.63. The molecule has 0 aromatic carbocycles. The Bertz CT molecular complexity index is 94.9. The van der Waals surface area contributed by atoms with Gasteiger partial charge in [-0.05, 0) is 0 Å². The van der Waals surface area contributed by atoms with Gasteiger partial charge in [0.25, 0.3) is 4.52 Å². The summed E-state index contributed by atoms with van der Waals surface area (Å²) in [6.07, 6.45) is 0. The fourth-order valence-corrected chi connectivity index (χ4v) is 0.536. The van der Waals surface area contributed by atoms with Crippen molar-refractivity contribution in [1.82, 2.24) is 0 Å². The van der Waals surface area contributed by atoms with Crippen LogP contribution < -0.4 is 0 Å². The summed E-state index contributed by atoms with van der Waals surface area (Å²) in [6.45, 7) is 0. The first kappa shape index (κ1) is 10.4. The van der Waals surface area contributed by atoms with Gasteiger partial charge in [0.2, 0.25) is 0 Å². The summed E-state index contributed by atoms with van der Waals surface area (Å²) in [7, 11) is 0. The van der Waals surface area contributed by atoms with Crippen molar-refractivity contribution in [3.05, 3.63) is 0 Å². The number of hydrogen-bond donors (Lipinski definition) is 0. The van der Waals surface area contributed by atoms with E-state index in [1.54, 1.807) is 0 Å². The third-order valence-corrected chi connectivity index (χ3v) is 3.10. The highest BCUT2D eigenvalue weighted by atomic mass is 35.5. The van der Waals surface area contributed by atoms with Crippen LogP contribution in [0.1, 0.15) is 0 Å². The number of hydrogen-bond acceptors (Lipinski definition) is 0. The lowest BCUT2D eigenvalue weighted by molar-refractivity contribution is 0.111. The largest absolute Gasteiger partial charge is 0.284 e. The van der Waals surface area contributed by atoms with Crippen LogP contribution in [0, 0.1) is 0 Å². The fraction of sp³-hybridized carbons (Fsp3) is 1.00. The zero-order chi connectivity index (χ0) is 7.71. The first-order valence-corrected chi connectivity index (χ1v) is 3.88. The van der Waals surface area contributed by atoms with Crippen LogP contribution in [0.25, 0.3) is 0 Å². The van der Waals surface area contributed by atoms with Crippen LogP contribution >= 0.6 is 58.0 Å². The molecule has 1 nitrogen and oxygen atoms in total. The summed E-state index contributed by atoms with van der Waals surface area (Å²) < 4.78 is -4.30. The minimum absolute atomic E-state index is 0.313. The van der Waals surface area contributed by atoms with Gasteiger partial charge >= 0.3 is 0 Å². The van der Waals surface area contributed by atoms with Gasteiger partial charge in [-0.15, -0.1) is 11.6 Å². The average Bonchev–Trinajstić information content (AvgIpc) is 1.64. The zero-order valence-electron chi connectivity index (χ0n) is 4.01. The molecule has 0 aliphatic carbocycles. The number of rotatable bonds is 2. The van der Waals surface area contributed by atoms with E-state index in [9.17, 15) is 5.11 Å². The van der Waals surface area contributed by atoms with Gasteiger partial charge < -0.3 is 0 Å². The maximum Gasteiger partial charge on any atom is 0.284 e. The predicted octanol–water partition coefficient (Wildman–Crippen LogP) is 2.96. The molecule has 0 heterocycles. The Morgan fingerprint density at radius 2 is 1.44 bits per heavy atom.